The minimum atomic E-state index is -0.309. The fourth-order valence-corrected chi connectivity index (χ4v) is 4.25. The Balaban J connectivity index is 2.20. The van der Waals surface area contributed by atoms with Gasteiger partial charge in [0.25, 0.3) is 0 Å². The number of hydrogen-bond donors (Lipinski definition) is 0. The Morgan fingerprint density at radius 3 is 2.30 bits per heavy atom. The van der Waals surface area contributed by atoms with Crippen LogP contribution in [0.2, 0.25) is 5.02 Å². The molecule has 0 radical (unpaired) electrons. The molecule has 0 aliphatic rings. The van der Waals surface area contributed by atoms with E-state index in [0.29, 0.717) is 16.5 Å². The van der Waals surface area contributed by atoms with Crippen LogP contribution in [0.4, 0.5) is 0 Å². The van der Waals surface area contributed by atoms with E-state index in [-0.39, 0.29) is 12.4 Å². The van der Waals surface area contributed by atoms with E-state index in [9.17, 15) is 9.59 Å². The number of esters is 1. The number of rotatable bonds is 6. The van der Waals surface area contributed by atoms with Crippen molar-refractivity contribution < 1.29 is 14.3 Å². The first-order valence-electron chi connectivity index (χ1n) is 8.63. The van der Waals surface area contributed by atoms with Gasteiger partial charge in [-0.3, -0.25) is 9.59 Å². The Morgan fingerprint density at radius 2 is 1.70 bits per heavy atom. The van der Waals surface area contributed by atoms with Gasteiger partial charge in [0.15, 0.2) is 6.29 Å². The van der Waals surface area contributed by atoms with Gasteiger partial charge in [0.1, 0.15) is 0 Å². The predicted molar refractivity (Wildman–Crippen MR) is 111 cm³/mol. The zero-order valence-corrected chi connectivity index (χ0v) is 16.7. The SMILES string of the molecule is CCOC(=O)Cc1c(-c2ccc(Cl)cc2)sc(C=O)c1-c1ccc(C)cc1. The summed E-state index contributed by atoms with van der Waals surface area (Å²) < 4.78 is 5.16. The number of aldehydes is 1. The highest BCUT2D eigenvalue weighted by Crippen LogP contribution is 2.42. The van der Waals surface area contributed by atoms with E-state index in [1.165, 1.54) is 11.3 Å². The molecule has 3 nitrogen and oxygen atoms in total. The van der Waals surface area contributed by atoms with Crippen LogP contribution in [0, 0.1) is 6.92 Å². The Kier molecular flexibility index (Phi) is 6.09. The molecule has 0 atom stereocenters. The van der Waals surface area contributed by atoms with E-state index in [1.54, 1.807) is 19.1 Å². The van der Waals surface area contributed by atoms with Crippen molar-refractivity contribution in [3.8, 4) is 21.6 Å². The molecular formula is C22H19ClO3S. The average Bonchev–Trinajstić information content (AvgIpc) is 3.01. The summed E-state index contributed by atoms with van der Waals surface area (Å²) in [7, 11) is 0. The van der Waals surface area contributed by atoms with Gasteiger partial charge in [-0.15, -0.1) is 11.3 Å². The van der Waals surface area contributed by atoms with Crippen LogP contribution in [0.15, 0.2) is 48.5 Å². The van der Waals surface area contributed by atoms with Crippen molar-refractivity contribution in [1.29, 1.82) is 0 Å². The first-order valence-corrected chi connectivity index (χ1v) is 9.82. The van der Waals surface area contributed by atoms with Gasteiger partial charge in [0.05, 0.1) is 17.9 Å². The van der Waals surface area contributed by atoms with Crippen LogP contribution >= 0.6 is 22.9 Å². The molecule has 0 spiro atoms. The zero-order valence-electron chi connectivity index (χ0n) is 15.1. The van der Waals surface area contributed by atoms with Crippen molar-refractivity contribution in [1.82, 2.24) is 0 Å². The number of carbonyl (C=O) groups excluding carboxylic acids is 2. The molecule has 0 bridgehead atoms. The first kappa shape index (κ1) is 19.3. The summed E-state index contributed by atoms with van der Waals surface area (Å²) in [5.41, 5.74) is 4.58. The molecule has 3 rings (SSSR count). The van der Waals surface area contributed by atoms with Crippen LogP contribution in [0.3, 0.4) is 0 Å². The molecule has 138 valence electrons. The van der Waals surface area contributed by atoms with E-state index < -0.39 is 0 Å². The quantitative estimate of drug-likeness (QED) is 0.380. The third-order valence-electron chi connectivity index (χ3n) is 4.21. The highest BCUT2D eigenvalue weighted by atomic mass is 35.5. The maximum atomic E-state index is 12.3. The summed E-state index contributed by atoms with van der Waals surface area (Å²) in [5, 5.41) is 0.636. The highest BCUT2D eigenvalue weighted by Gasteiger charge is 2.23. The summed E-state index contributed by atoms with van der Waals surface area (Å²) in [6, 6.07) is 15.4. The molecule has 1 heterocycles. The predicted octanol–water partition coefficient (Wildman–Crippen LogP) is 5.96. The lowest BCUT2D eigenvalue weighted by Gasteiger charge is -2.09. The fraction of sp³-hybridized carbons (Fsp3) is 0.182. The molecular weight excluding hydrogens is 380 g/mol. The second kappa shape index (κ2) is 8.51. The maximum absolute atomic E-state index is 12.3. The van der Waals surface area contributed by atoms with Crippen LogP contribution in [-0.4, -0.2) is 18.9 Å². The number of hydrogen-bond acceptors (Lipinski definition) is 4. The first-order chi connectivity index (χ1) is 13.0. The molecule has 5 heteroatoms. The Hall–Kier alpha value is -2.43. The summed E-state index contributed by atoms with van der Waals surface area (Å²) in [4.78, 5) is 25.5. The lowest BCUT2D eigenvalue weighted by atomic mass is 9.95. The van der Waals surface area contributed by atoms with Gasteiger partial charge in [-0.05, 0) is 42.7 Å². The van der Waals surface area contributed by atoms with E-state index in [4.69, 9.17) is 16.3 Å². The minimum Gasteiger partial charge on any atom is -0.466 e. The summed E-state index contributed by atoms with van der Waals surface area (Å²) in [6.45, 7) is 4.11. The molecule has 0 amide bonds. The molecule has 2 aromatic carbocycles. The Bertz CT molecular complexity index is 956. The number of aryl methyl sites for hydroxylation is 1. The molecule has 0 aliphatic carbocycles. The number of halogens is 1. The summed E-state index contributed by atoms with van der Waals surface area (Å²) in [6.07, 6.45) is 0.966. The monoisotopic (exact) mass is 398 g/mol. The molecule has 0 fully saturated rings. The van der Waals surface area contributed by atoms with E-state index in [2.05, 4.69) is 0 Å². The van der Waals surface area contributed by atoms with Crippen molar-refractivity contribution in [3.63, 3.8) is 0 Å². The Morgan fingerprint density at radius 1 is 1.07 bits per heavy atom. The van der Waals surface area contributed by atoms with Crippen LogP contribution in [0.25, 0.3) is 21.6 Å². The molecule has 27 heavy (non-hydrogen) atoms. The highest BCUT2D eigenvalue weighted by molar-refractivity contribution is 7.17. The van der Waals surface area contributed by atoms with Gasteiger partial charge in [-0.25, -0.2) is 0 Å². The van der Waals surface area contributed by atoms with Gasteiger partial charge in [0.2, 0.25) is 0 Å². The van der Waals surface area contributed by atoms with Crippen LogP contribution in [0.1, 0.15) is 27.7 Å². The molecule has 0 saturated carbocycles. The van der Waals surface area contributed by atoms with Gasteiger partial charge >= 0.3 is 5.97 Å². The van der Waals surface area contributed by atoms with E-state index in [0.717, 1.165) is 39.0 Å². The van der Waals surface area contributed by atoms with Gasteiger partial charge in [0, 0.05) is 15.5 Å². The van der Waals surface area contributed by atoms with Crippen LogP contribution < -0.4 is 0 Å². The molecule has 0 unspecified atom stereocenters. The number of benzene rings is 2. The summed E-state index contributed by atoms with van der Waals surface area (Å²) >= 11 is 7.40. The van der Waals surface area contributed by atoms with Crippen LogP contribution in [-0.2, 0) is 16.0 Å². The van der Waals surface area contributed by atoms with Crippen molar-refractivity contribution >= 4 is 35.2 Å². The zero-order chi connectivity index (χ0) is 19.4. The van der Waals surface area contributed by atoms with Crippen molar-refractivity contribution in [3.05, 3.63) is 69.6 Å². The van der Waals surface area contributed by atoms with Gasteiger partial charge in [-0.1, -0.05) is 53.6 Å². The molecule has 0 N–H and O–H groups in total. The van der Waals surface area contributed by atoms with Crippen LogP contribution in [0.5, 0.6) is 0 Å². The minimum absolute atomic E-state index is 0.110. The second-order valence-electron chi connectivity index (χ2n) is 6.12. The normalized spacial score (nSPS) is 10.6. The lowest BCUT2D eigenvalue weighted by Crippen LogP contribution is -2.08. The number of thiophene rings is 1. The average molecular weight is 399 g/mol. The van der Waals surface area contributed by atoms with E-state index >= 15 is 0 Å². The van der Waals surface area contributed by atoms with E-state index in [1.807, 2.05) is 43.3 Å². The largest absolute Gasteiger partial charge is 0.466 e. The summed E-state index contributed by atoms with van der Waals surface area (Å²) in [5.74, 6) is -0.309. The molecule has 1 aromatic heterocycles. The van der Waals surface area contributed by atoms with Gasteiger partial charge < -0.3 is 4.74 Å². The lowest BCUT2D eigenvalue weighted by molar-refractivity contribution is -0.142. The smallest absolute Gasteiger partial charge is 0.310 e. The van der Waals surface area contributed by atoms with Crippen molar-refractivity contribution in [2.24, 2.45) is 0 Å². The van der Waals surface area contributed by atoms with Crippen molar-refractivity contribution in [2.45, 2.75) is 20.3 Å². The topological polar surface area (TPSA) is 43.4 Å². The second-order valence-corrected chi connectivity index (χ2v) is 7.61. The standard InChI is InChI=1S/C22H19ClO3S/c1-3-26-20(25)12-18-21(15-6-4-14(2)5-7-15)19(13-24)27-22(18)16-8-10-17(23)11-9-16/h4-11,13H,3,12H2,1-2H3. The maximum Gasteiger partial charge on any atom is 0.310 e. The van der Waals surface area contributed by atoms with Crippen molar-refractivity contribution in [2.75, 3.05) is 6.61 Å². The number of carbonyl (C=O) groups is 2. The molecule has 0 aliphatic heterocycles. The molecule has 3 aromatic rings. The molecule has 0 saturated heterocycles. The van der Waals surface area contributed by atoms with Gasteiger partial charge in [-0.2, -0.15) is 0 Å². The third-order valence-corrected chi connectivity index (χ3v) is 5.67. The Labute approximate surface area is 167 Å². The number of ether oxygens (including phenoxy) is 1. The third kappa shape index (κ3) is 4.29. The fourth-order valence-electron chi connectivity index (χ4n) is 2.96.